The number of benzene rings is 1. The summed E-state index contributed by atoms with van der Waals surface area (Å²) in [7, 11) is 0. The number of anilines is 1. The van der Waals surface area contributed by atoms with Crippen LogP contribution in [0.1, 0.15) is 7.63 Å². The molecule has 0 aliphatic carbocycles. The number of amides is 1. The van der Waals surface area contributed by atoms with Crippen molar-refractivity contribution in [3.8, 4) is 0 Å². The predicted molar refractivity (Wildman–Crippen MR) is 115 cm³/mol. The molecule has 0 saturated carbocycles. The third-order valence-electron chi connectivity index (χ3n) is 3.27. The molecule has 0 fully saturated rings. The summed E-state index contributed by atoms with van der Waals surface area (Å²) < 4.78 is 2.08. The lowest BCUT2D eigenvalue weighted by atomic mass is 10.1. The molecule has 0 atom stereocenters. The van der Waals surface area contributed by atoms with E-state index < -0.39 is 5.91 Å². The number of carbonyl (C=O) groups excluding carboxylic acids is 1. The normalized spacial score (nSPS) is 11.0. The van der Waals surface area contributed by atoms with Gasteiger partial charge in [-0.3, -0.25) is 14.9 Å². The van der Waals surface area contributed by atoms with Gasteiger partial charge in [-0.05, 0) is 24.3 Å². The smallest absolute Gasteiger partial charge is 0.275 e. The maximum atomic E-state index is 12.7. The Hall–Kier alpha value is -1.15. The first-order chi connectivity index (χ1) is 12.0. The highest BCUT2D eigenvalue weighted by atomic mass is 127. The largest absolute Gasteiger partial charge is 0.293 e. The van der Waals surface area contributed by atoms with E-state index in [1.54, 1.807) is 18.2 Å². The number of halogens is 3. The monoisotopic (exact) mass is 625 g/mol. The second kappa shape index (κ2) is 8.03. The first kappa shape index (κ1) is 18.6. The van der Waals surface area contributed by atoms with Gasteiger partial charge in [0.15, 0.2) is 0 Å². The lowest BCUT2D eigenvalue weighted by Gasteiger charge is -2.12. The Balaban J connectivity index is 1.99. The van der Waals surface area contributed by atoms with E-state index in [0.717, 1.165) is 15.6 Å². The number of nitrogens with zero attached hydrogens (tertiary/aromatic N) is 4. The Morgan fingerprint density at radius 2 is 1.96 bits per heavy atom. The van der Waals surface area contributed by atoms with Gasteiger partial charge in [0.05, 0.1) is 11.1 Å². The van der Waals surface area contributed by atoms with E-state index in [-0.39, 0.29) is 20.0 Å². The van der Waals surface area contributed by atoms with Gasteiger partial charge in [0.2, 0.25) is 11.9 Å². The van der Waals surface area contributed by atoms with Crippen molar-refractivity contribution in [2.24, 2.45) is 0 Å². The molecule has 0 bridgehead atoms. The highest BCUT2D eigenvalue weighted by Crippen LogP contribution is 2.33. The topological polar surface area (TPSA) is 89.8 Å². The van der Waals surface area contributed by atoms with Gasteiger partial charge in [-0.15, -0.1) is 0 Å². The van der Waals surface area contributed by atoms with E-state index in [1.165, 1.54) is 17.1 Å². The van der Waals surface area contributed by atoms with Crippen molar-refractivity contribution in [1.82, 2.24) is 19.7 Å². The summed E-state index contributed by atoms with van der Waals surface area (Å²) in [6.45, 7) is -0.212. The van der Waals surface area contributed by atoms with E-state index in [9.17, 15) is 9.59 Å². The summed E-state index contributed by atoms with van der Waals surface area (Å²) in [5, 5.41) is 8.24. The molecule has 10 heteroatoms. The van der Waals surface area contributed by atoms with E-state index in [2.05, 4.69) is 81.5 Å². The second-order valence-electron chi connectivity index (χ2n) is 4.96. The van der Waals surface area contributed by atoms with E-state index >= 15 is 0 Å². The molecule has 1 N–H and O–H groups in total. The molecule has 3 rings (SSSR count). The van der Waals surface area contributed by atoms with Crippen LogP contribution in [-0.4, -0.2) is 25.7 Å². The SMILES string of the molecule is O=C(Cn1nc(C(I)I)c2cc(Br)ccc2c1=O)Nc1ncccn1. The molecule has 0 unspecified atom stereocenters. The van der Waals surface area contributed by atoms with Crippen LogP contribution in [0.5, 0.6) is 0 Å². The Labute approximate surface area is 178 Å². The molecule has 2 heterocycles. The van der Waals surface area contributed by atoms with E-state index in [1.807, 2.05) is 6.07 Å². The van der Waals surface area contributed by atoms with Crippen LogP contribution in [0.25, 0.3) is 10.8 Å². The van der Waals surface area contributed by atoms with Gasteiger partial charge in [-0.2, -0.15) is 5.10 Å². The number of carbonyl (C=O) groups is 1. The average molecular weight is 626 g/mol. The third kappa shape index (κ3) is 4.34. The number of aromatic nitrogens is 4. The first-order valence-corrected chi connectivity index (χ1v) is 10.3. The van der Waals surface area contributed by atoms with Gasteiger partial charge in [0.1, 0.15) is 8.48 Å². The summed E-state index contributed by atoms with van der Waals surface area (Å²) in [5.41, 5.74) is 0.421. The second-order valence-corrected chi connectivity index (χ2v) is 10.7. The van der Waals surface area contributed by atoms with Crippen molar-refractivity contribution in [2.45, 2.75) is 8.48 Å². The van der Waals surface area contributed by atoms with E-state index in [0.29, 0.717) is 5.39 Å². The highest BCUT2D eigenvalue weighted by molar-refractivity contribution is 14.2. The van der Waals surface area contributed by atoms with Crippen molar-refractivity contribution in [3.63, 3.8) is 0 Å². The molecule has 0 spiro atoms. The highest BCUT2D eigenvalue weighted by Gasteiger charge is 2.17. The molecule has 1 amide bonds. The van der Waals surface area contributed by atoms with Crippen LogP contribution in [0, 0.1) is 0 Å². The zero-order chi connectivity index (χ0) is 18.0. The molecule has 128 valence electrons. The van der Waals surface area contributed by atoms with Crippen LogP contribution in [0.2, 0.25) is 0 Å². The minimum absolute atomic E-state index is 0.0411. The number of hydrogen-bond donors (Lipinski definition) is 1. The van der Waals surface area contributed by atoms with E-state index in [4.69, 9.17) is 0 Å². The maximum absolute atomic E-state index is 12.7. The maximum Gasteiger partial charge on any atom is 0.275 e. The van der Waals surface area contributed by atoms with Crippen LogP contribution < -0.4 is 10.9 Å². The number of hydrogen-bond acceptors (Lipinski definition) is 5. The standard InChI is InChI=1S/C15H10BrI2N5O2/c16-8-2-3-9-10(6-8)12(13(17)18)22-23(14(9)25)7-11(24)21-15-19-4-1-5-20-15/h1-6,13H,7H2,(H,19,20,21,24). The lowest BCUT2D eigenvalue weighted by Crippen LogP contribution is -2.31. The fourth-order valence-corrected chi connectivity index (χ4v) is 3.50. The third-order valence-corrected chi connectivity index (χ3v) is 4.94. The zero-order valence-corrected chi connectivity index (χ0v) is 18.4. The van der Waals surface area contributed by atoms with Gasteiger partial charge in [0.25, 0.3) is 5.56 Å². The molecule has 3 aromatic rings. The molecule has 0 saturated heterocycles. The van der Waals surface area contributed by atoms with Gasteiger partial charge in [-0.25, -0.2) is 14.6 Å². The molecule has 7 nitrogen and oxygen atoms in total. The van der Waals surface area contributed by atoms with Gasteiger partial charge >= 0.3 is 0 Å². The van der Waals surface area contributed by atoms with Crippen molar-refractivity contribution < 1.29 is 4.79 Å². The van der Waals surface area contributed by atoms with Gasteiger partial charge in [0, 0.05) is 22.3 Å². The fraction of sp³-hybridized carbons (Fsp3) is 0.133. The molecule has 0 aliphatic heterocycles. The Morgan fingerprint density at radius 1 is 1.24 bits per heavy atom. The van der Waals surface area contributed by atoms with Crippen molar-refractivity contribution in [3.05, 3.63) is 57.2 Å². The van der Waals surface area contributed by atoms with Crippen LogP contribution in [-0.2, 0) is 11.3 Å². The molecule has 0 aliphatic rings. The Bertz CT molecular complexity index is 994. The fourth-order valence-electron chi connectivity index (χ4n) is 2.22. The van der Waals surface area contributed by atoms with Gasteiger partial charge < -0.3 is 0 Å². The van der Waals surface area contributed by atoms with Crippen LogP contribution in [0.15, 0.2) is 45.9 Å². The molecule has 25 heavy (non-hydrogen) atoms. The lowest BCUT2D eigenvalue weighted by molar-refractivity contribution is -0.117. The molecule has 1 aromatic carbocycles. The van der Waals surface area contributed by atoms with Crippen molar-refractivity contribution >= 4 is 83.7 Å². The number of nitrogens with one attached hydrogen (secondary N) is 1. The minimum Gasteiger partial charge on any atom is -0.293 e. The molecular formula is C15H10BrI2N5O2. The van der Waals surface area contributed by atoms with Gasteiger partial charge in [-0.1, -0.05) is 61.1 Å². The quantitative estimate of drug-likeness (QED) is 0.355. The van der Waals surface area contributed by atoms with Crippen molar-refractivity contribution in [1.29, 1.82) is 0 Å². The predicted octanol–water partition coefficient (Wildman–Crippen LogP) is 3.46. The number of rotatable bonds is 4. The zero-order valence-electron chi connectivity index (χ0n) is 12.5. The van der Waals surface area contributed by atoms with Crippen LogP contribution >= 0.6 is 61.1 Å². The molecule has 2 aromatic heterocycles. The van der Waals surface area contributed by atoms with Crippen LogP contribution in [0.4, 0.5) is 5.95 Å². The minimum atomic E-state index is -0.415. The summed E-state index contributed by atoms with van der Waals surface area (Å²) in [5.74, 6) is -0.229. The number of alkyl halides is 2. The van der Waals surface area contributed by atoms with Crippen LogP contribution in [0.3, 0.4) is 0 Å². The first-order valence-electron chi connectivity index (χ1n) is 7.01. The molecular weight excluding hydrogens is 616 g/mol. The Kier molecular flexibility index (Phi) is 5.99. The molecule has 0 radical (unpaired) electrons. The van der Waals surface area contributed by atoms with Crippen molar-refractivity contribution in [2.75, 3.05) is 5.32 Å². The summed E-state index contributed by atoms with van der Waals surface area (Å²) >= 11 is 7.86. The summed E-state index contributed by atoms with van der Waals surface area (Å²) in [6.07, 6.45) is 3.05. The average Bonchev–Trinajstić information content (AvgIpc) is 2.57. The number of fused-ring (bicyclic) bond motifs is 1. The summed E-state index contributed by atoms with van der Waals surface area (Å²) in [6, 6.07) is 7.05. The summed E-state index contributed by atoms with van der Waals surface area (Å²) in [4.78, 5) is 32.7. The Morgan fingerprint density at radius 3 is 2.64 bits per heavy atom.